The third-order valence-corrected chi connectivity index (χ3v) is 2.44. The molecule has 1 atom stereocenters. The van der Waals surface area contributed by atoms with Crippen LogP contribution in [-0.4, -0.2) is 18.1 Å². The lowest BCUT2D eigenvalue weighted by atomic mass is 10.0. The first-order valence-corrected chi connectivity index (χ1v) is 5.13. The highest BCUT2D eigenvalue weighted by molar-refractivity contribution is 5.76. The molecule has 0 saturated heterocycles. The van der Waals surface area contributed by atoms with Crippen LogP contribution in [0.25, 0.3) is 0 Å². The van der Waals surface area contributed by atoms with Crippen molar-refractivity contribution in [3.05, 3.63) is 29.1 Å². The zero-order valence-corrected chi connectivity index (χ0v) is 9.70. The molecule has 0 aliphatic rings. The van der Waals surface area contributed by atoms with Gasteiger partial charge in [0.15, 0.2) is 0 Å². The van der Waals surface area contributed by atoms with E-state index in [2.05, 4.69) is 11.9 Å². The Balaban J connectivity index is 3.03. The summed E-state index contributed by atoms with van der Waals surface area (Å²) in [6.45, 7) is 5.83. The number of hydrogen-bond acceptors (Lipinski definition) is 3. The third kappa shape index (κ3) is 2.78. The summed E-state index contributed by atoms with van der Waals surface area (Å²) >= 11 is 0. The first kappa shape index (κ1) is 11.7. The fourth-order valence-corrected chi connectivity index (χ4v) is 1.49. The standard InChI is InChI=1S/C12H17NO2/c1-5-10-6-8(2)13-11(7-10)9(3)12(14)15-4/h6-7,9H,5H2,1-4H3. The number of carbonyl (C=O) groups is 1. The van der Waals surface area contributed by atoms with E-state index >= 15 is 0 Å². The summed E-state index contributed by atoms with van der Waals surface area (Å²) in [7, 11) is 1.40. The Labute approximate surface area is 90.5 Å². The van der Waals surface area contributed by atoms with Gasteiger partial charge in [0.25, 0.3) is 0 Å². The molecule has 0 N–H and O–H groups in total. The number of aromatic nitrogens is 1. The first-order valence-electron chi connectivity index (χ1n) is 5.13. The van der Waals surface area contributed by atoms with Gasteiger partial charge >= 0.3 is 5.97 Å². The lowest BCUT2D eigenvalue weighted by molar-refractivity contribution is -0.142. The van der Waals surface area contributed by atoms with Gasteiger partial charge in [-0.1, -0.05) is 6.92 Å². The van der Waals surface area contributed by atoms with Crippen molar-refractivity contribution < 1.29 is 9.53 Å². The monoisotopic (exact) mass is 207 g/mol. The molecule has 0 aliphatic carbocycles. The molecule has 0 aromatic carbocycles. The van der Waals surface area contributed by atoms with Crippen LogP contribution in [0.2, 0.25) is 0 Å². The number of carbonyl (C=O) groups excluding carboxylic acids is 1. The highest BCUT2D eigenvalue weighted by atomic mass is 16.5. The second kappa shape index (κ2) is 4.91. The molecule has 1 aromatic heterocycles. The molecule has 3 nitrogen and oxygen atoms in total. The van der Waals surface area contributed by atoms with Crippen molar-refractivity contribution in [2.45, 2.75) is 33.1 Å². The van der Waals surface area contributed by atoms with Gasteiger partial charge in [0.05, 0.1) is 18.7 Å². The van der Waals surface area contributed by atoms with Crippen LogP contribution < -0.4 is 0 Å². The molecule has 0 amide bonds. The summed E-state index contributed by atoms with van der Waals surface area (Å²) < 4.78 is 4.70. The summed E-state index contributed by atoms with van der Waals surface area (Å²) in [6, 6.07) is 4.00. The van der Waals surface area contributed by atoms with Crippen molar-refractivity contribution in [1.29, 1.82) is 0 Å². The molecular formula is C12H17NO2. The molecule has 0 fully saturated rings. The Morgan fingerprint density at radius 3 is 2.73 bits per heavy atom. The van der Waals surface area contributed by atoms with Gasteiger partial charge < -0.3 is 4.74 Å². The van der Waals surface area contributed by atoms with Crippen LogP contribution >= 0.6 is 0 Å². The van der Waals surface area contributed by atoms with Crippen LogP contribution in [0.4, 0.5) is 0 Å². The zero-order valence-electron chi connectivity index (χ0n) is 9.70. The van der Waals surface area contributed by atoms with Gasteiger partial charge in [0, 0.05) is 5.69 Å². The number of aryl methyl sites for hydroxylation is 2. The zero-order chi connectivity index (χ0) is 11.4. The molecular weight excluding hydrogens is 190 g/mol. The van der Waals surface area contributed by atoms with E-state index in [0.717, 1.165) is 17.8 Å². The van der Waals surface area contributed by atoms with Crippen molar-refractivity contribution in [1.82, 2.24) is 4.98 Å². The minimum absolute atomic E-state index is 0.241. The van der Waals surface area contributed by atoms with E-state index in [-0.39, 0.29) is 11.9 Å². The van der Waals surface area contributed by atoms with Gasteiger partial charge in [0.1, 0.15) is 0 Å². The lowest BCUT2D eigenvalue weighted by Crippen LogP contribution is -2.13. The molecule has 0 saturated carbocycles. The number of ether oxygens (including phenoxy) is 1. The van der Waals surface area contributed by atoms with Crippen molar-refractivity contribution in [2.24, 2.45) is 0 Å². The highest BCUT2D eigenvalue weighted by Crippen LogP contribution is 2.17. The molecule has 82 valence electrons. The molecule has 1 aromatic rings. The fraction of sp³-hybridized carbons (Fsp3) is 0.500. The average molecular weight is 207 g/mol. The van der Waals surface area contributed by atoms with Gasteiger partial charge in [-0.2, -0.15) is 0 Å². The molecule has 15 heavy (non-hydrogen) atoms. The van der Waals surface area contributed by atoms with E-state index in [4.69, 9.17) is 4.74 Å². The summed E-state index contributed by atoms with van der Waals surface area (Å²) in [6.07, 6.45) is 0.949. The Hall–Kier alpha value is -1.38. The molecule has 0 aliphatic heterocycles. The largest absolute Gasteiger partial charge is 0.469 e. The minimum atomic E-state index is -0.291. The van der Waals surface area contributed by atoms with Crippen LogP contribution in [0.3, 0.4) is 0 Å². The summed E-state index contributed by atoms with van der Waals surface area (Å²) in [4.78, 5) is 15.7. The topological polar surface area (TPSA) is 39.2 Å². The van der Waals surface area contributed by atoms with Crippen LogP contribution in [-0.2, 0) is 16.0 Å². The van der Waals surface area contributed by atoms with Crippen molar-refractivity contribution in [3.63, 3.8) is 0 Å². The lowest BCUT2D eigenvalue weighted by Gasteiger charge is -2.10. The van der Waals surface area contributed by atoms with E-state index in [1.165, 1.54) is 12.7 Å². The van der Waals surface area contributed by atoms with Gasteiger partial charge in [-0.05, 0) is 38.0 Å². The quantitative estimate of drug-likeness (QED) is 0.713. The molecule has 0 radical (unpaired) electrons. The predicted molar refractivity (Wildman–Crippen MR) is 58.8 cm³/mol. The maximum Gasteiger partial charge on any atom is 0.314 e. The van der Waals surface area contributed by atoms with E-state index in [1.807, 2.05) is 26.0 Å². The Kier molecular flexibility index (Phi) is 3.83. The van der Waals surface area contributed by atoms with Gasteiger partial charge in [-0.25, -0.2) is 0 Å². The average Bonchev–Trinajstić information content (AvgIpc) is 2.26. The first-order chi connectivity index (χ1) is 7.08. The second-order valence-corrected chi connectivity index (χ2v) is 3.64. The van der Waals surface area contributed by atoms with Crippen LogP contribution in [0, 0.1) is 6.92 Å². The Morgan fingerprint density at radius 1 is 1.53 bits per heavy atom. The highest BCUT2D eigenvalue weighted by Gasteiger charge is 2.17. The van der Waals surface area contributed by atoms with E-state index < -0.39 is 0 Å². The third-order valence-electron chi connectivity index (χ3n) is 2.44. The minimum Gasteiger partial charge on any atom is -0.469 e. The molecule has 1 heterocycles. The normalized spacial score (nSPS) is 12.3. The predicted octanol–water partition coefficient (Wildman–Crippen LogP) is 2.23. The van der Waals surface area contributed by atoms with Crippen molar-refractivity contribution >= 4 is 5.97 Å². The number of pyridine rings is 1. The molecule has 1 unspecified atom stereocenters. The summed E-state index contributed by atoms with van der Waals surface area (Å²) in [5.74, 6) is -0.532. The number of methoxy groups -OCH3 is 1. The van der Waals surface area contributed by atoms with E-state index in [1.54, 1.807) is 0 Å². The van der Waals surface area contributed by atoms with Gasteiger partial charge in [-0.15, -0.1) is 0 Å². The smallest absolute Gasteiger partial charge is 0.314 e. The van der Waals surface area contributed by atoms with E-state index in [0.29, 0.717) is 0 Å². The van der Waals surface area contributed by atoms with Crippen molar-refractivity contribution in [2.75, 3.05) is 7.11 Å². The maximum atomic E-state index is 11.4. The number of esters is 1. The van der Waals surface area contributed by atoms with Crippen LogP contribution in [0.5, 0.6) is 0 Å². The summed E-state index contributed by atoms with van der Waals surface area (Å²) in [5.41, 5.74) is 2.94. The molecule has 3 heteroatoms. The number of rotatable bonds is 3. The molecule has 0 spiro atoms. The van der Waals surface area contributed by atoms with Gasteiger partial charge in [0.2, 0.25) is 0 Å². The van der Waals surface area contributed by atoms with Crippen LogP contribution in [0.15, 0.2) is 12.1 Å². The summed E-state index contributed by atoms with van der Waals surface area (Å²) in [5, 5.41) is 0. The Bertz CT molecular complexity index is 361. The molecule has 0 bridgehead atoms. The van der Waals surface area contributed by atoms with Crippen molar-refractivity contribution in [3.8, 4) is 0 Å². The van der Waals surface area contributed by atoms with E-state index in [9.17, 15) is 4.79 Å². The second-order valence-electron chi connectivity index (χ2n) is 3.64. The van der Waals surface area contributed by atoms with Gasteiger partial charge in [-0.3, -0.25) is 9.78 Å². The number of hydrogen-bond donors (Lipinski definition) is 0. The SMILES string of the molecule is CCc1cc(C)nc(C(C)C(=O)OC)c1. The maximum absolute atomic E-state index is 11.4. The Morgan fingerprint density at radius 2 is 2.20 bits per heavy atom. The number of nitrogens with zero attached hydrogens (tertiary/aromatic N) is 1. The molecule has 1 rings (SSSR count). The van der Waals surface area contributed by atoms with Crippen LogP contribution in [0.1, 0.15) is 36.7 Å². The fourth-order valence-electron chi connectivity index (χ4n) is 1.49.